The molecule has 1 heterocycles. The van der Waals surface area contributed by atoms with Crippen molar-refractivity contribution in [3.63, 3.8) is 0 Å². The number of para-hydroxylation sites is 3. The van der Waals surface area contributed by atoms with Gasteiger partial charge in [-0.15, -0.1) is 0 Å². The maximum atomic E-state index is 6.36. The van der Waals surface area contributed by atoms with Crippen LogP contribution in [0.2, 0.25) is 0 Å². The molecule has 2 nitrogen and oxygen atoms in total. The van der Waals surface area contributed by atoms with Crippen LogP contribution in [0.5, 0.6) is 0 Å². The van der Waals surface area contributed by atoms with Gasteiger partial charge < -0.3 is 9.32 Å². The van der Waals surface area contributed by atoms with Gasteiger partial charge in [0, 0.05) is 37.9 Å². The van der Waals surface area contributed by atoms with E-state index in [1.165, 1.54) is 10.8 Å². The van der Waals surface area contributed by atoms with Crippen LogP contribution in [0.15, 0.2) is 167 Å². The third-order valence-corrected chi connectivity index (χ3v) is 8.54. The van der Waals surface area contributed by atoms with E-state index in [0.29, 0.717) is 0 Å². The lowest BCUT2D eigenvalue weighted by molar-refractivity contribution is 0.670. The summed E-state index contributed by atoms with van der Waals surface area (Å²) in [6.07, 6.45) is 0. The monoisotopic (exact) mass is 615 g/mol. The molecule has 0 fully saturated rings. The Balaban J connectivity index is 1.20. The standard InChI is InChI=1S/C40H26BrNO/c41-32-24-30(23-31(25-32)36-14-8-15-38-37-13-6-7-16-39(37)43-40(36)38)28-17-20-34(21-18-28)42(33-11-2-1-3-12-33)35-22-19-27-9-4-5-10-29(27)26-35/h1-26H. The Hall–Kier alpha value is -5.12. The largest absolute Gasteiger partial charge is 0.455 e. The van der Waals surface area contributed by atoms with E-state index in [1.54, 1.807) is 0 Å². The van der Waals surface area contributed by atoms with Crippen molar-refractivity contribution < 1.29 is 4.42 Å². The molecule has 3 heteroatoms. The number of benzene rings is 7. The van der Waals surface area contributed by atoms with Gasteiger partial charge in [-0.25, -0.2) is 0 Å². The number of halogens is 1. The van der Waals surface area contributed by atoms with Gasteiger partial charge in [0.15, 0.2) is 0 Å². The highest BCUT2D eigenvalue weighted by Gasteiger charge is 2.15. The molecule has 0 saturated carbocycles. The summed E-state index contributed by atoms with van der Waals surface area (Å²) in [5.74, 6) is 0. The Kier molecular flexibility index (Phi) is 6.31. The fourth-order valence-electron chi connectivity index (χ4n) is 6.03. The molecular weight excluding hydrogens is 590 g/mol. The molecular formula is C40H26BrNO. The van der Waals surface area contributed by atoms with Crippen molar-refractivity contribution in [2.75, 3.05) is 4.90 Å². The Morgan fingerprint density at radius 3 is 1.98 bits per heavy atom. The molecule has 0 N–H and O–H groups in total. The van der Waals surface area contributed by atoms with Crippen LogP contribution in [-0.4, -0.2) is 0 Å². The predicted octanol–water partition coefficient (Wildman–Crippen LogP) is 12.3. The fraction of sp³-hybridized carbons (Fsp3) is 0. The zero-order valence-electron chi connectivity index (χ0n) is 23.2. The minimum atomic E-state index is 0.908. The first kappa shape index (κ1) is 25.6. The first-order valence-electron chi connectivity index (χ1n) is 14.4. The second-order valence-corrected chi connectivity index (χ2v) is 11.7. The van der Waals surface area contributed by atoms with Crippen molar-refractivity contribution in [3.8, 4) is 22.3 Å². The second-order valence-electron chi connectivity index (χ2n) is 10.8. The summed E-state index contributed by atoms with van der Waals surface area (Å²) in [6.45, 7) is 0. The molecule has 8 aromatic rings. The van der Waals surface area contributed by atoms with Crippen molar-refractivity contribution in [1.82, 2.24) is 0 Å². The van der Waals surface area contributed by atoms with Crippen LogP contribution < -0.4 is 4.90 Å². The lowest BCUT2D eigenvalue weighted by Crippen LogP contribution is -2.09. The predicted molar refractivity (Wildman–Crippen MR) is 184 cm³/mol. The molecule has 43 heavy (non-hydrogen) atoms. The number of hydrogen-bond acceptors (Lipinski definition) is 2. The van der Waals surface area contributed by atoms with E-state index in [9.17, 15) is 0 Å². The van der Waals surface area contributed by atoms with Gasteiger partial charge in [0.1, 0.15) is 11.2 Å². The van der Waals surface area contributed by atoms with Gasteiger partial charge in [-0.2, -0.15) is 0 Å². The average Bonchev–Trinajstić information content (AvgIpc) is 3.44. The maximum absolute atomic E-state index is 6.36. The van der Waals surface area contributed by atoms with E-state index in [1.807, 2.05) is 12.1 Å². The third-order valence-electron chi connectivity index (χ3n) is 8.08. The topological polar surface area (TPSA) is 16.4 Å². The summed E-state index contributed by atoms with van der Waals surface area (Å²) in [5, 5.41) is 4.73. The number of fused-ring (bicyclic) bond motifs is 4. The summed E-state index contributed by atoms with van der Waals surface area (Å²) < 4.78 is 7.38. The SMILES string of the molecule is Brc1cc(-c2ccc(N(c3ccccc3)c3ccc4ccccc4c3)cc2)cc(-c2cccc3c2oc2ccccc23)c1. The Labute approximate surface area is 258 Å². The molecule has 1 aromatic heterocycles. The number of rotatable bonds is 5. The smallest absolute Gasteiger partial charge is 0.143 e. The molecule has 0 amide bonds. The van der Waals surface area contributed by atoms with Crippen LogP contribution >= 0.6 is 15.9 Å². The van der Waals surface area contributed by atoms with Gasteiger partial charge in [-0.05, 0) is 88.1 Å². The van der Waals surface area contributed by atoms with E-state index >= 15 is 0 Å². The first-order chi connectivity index (χ1) is 21.2. The van der Waals surface area contributed by atoms with E-state index in [4.69, 9.17) is 4.42 Å². The highest BCUT2D eigenvalue weighted by Crippen LogP contribution is 2.40. The minimum Gasteiger partial charge on any atom is -0.455 e. The molecule has 0 saturated heterocycles. The summed E-state index contributed by atoms with van der Waals surface area (Å²) in [7, 11) is 0. The van der Waals surface area contributed by atoms with E-state index in [2.05, 4.69) is 166 Å². The first-order valence-corrected chi connectivity index (χ1v) is 15.2. The van der Waals surface area contributed by atoms with Crippen molar-refractivity contribution in [2.24, 2.45) is 0 Å². The van der Waals surface area contributed by atoms with Crippen molar-refractivity contribution in [1.29, 1.82) is 0 Å². The lowest BCUT2D eigenvalue weighted by Gasteiger charge is -2.26. The summed E-state index contributed by atoms with van der Waals surface area (Å²) in [5.41, 5.74) is 9.65. The van der Waals surface area contributed by atoms with Crippen LogP contribution in [-0.2, 0) is 0 Å². The minimum absolute atomic E-state index is 0.908. The molecule has 0 aliphatic carbocycles. The highest BCUT2D eigenvalue weighted by molar-refractivity contribution is 9.10. The summed E-state index contributed by atoms with van der Waals surface area (Å²) >= 11 is 3.79. The van der Waals surface area contributed by atoms with Crippen LogP contribution in [0.25, 0.3) is 55.0 Å². The van der Waals surface area contributed by atoms with Gasteiger partial charge >= 0.3 is 0 Å². The van der Waals surface area contributed by atoms with Gasteiger partial charge in [-0.3, -0.25) is 0 Å². The summed E-state index contributed by atoms with van der Waals surface area (Å²) in [4.78, 5) is 2.31. The molecule has 0 aliphatic heterocycles. The molecule has 0 aliphatic rings. The molecule has 204 valence electrons. The number of nitrogens with zero attached hydrogens (tertiary/aromatic N) is 1. The van der Waals surface area contributed by atoms with Crippen molar-refractivity contribution in [3.05, 3.63) is 162 Å². The lowest BCUT2D eigenvalue weighted by atomic mass is 9.97. The van der Waals surface area contributed by atoms with Crippen molar-refractivity contribution in [2.45, 2.75) is 0 Å². The molecule has 0 radical (unpaired) electrons. The number of furan rings is 1. The van der Waals surface area contributed by atoms with Crippen LogP contribution in [0.3, 0.4) is 0 Å². The fourth-order valence-corrected chi connectivity index (χ4v) is 6.52. The Morgan fingerprint density at radius 2 is 1.12 bits per heavy atom. The molecule has 8 rings (SSSR count). The van der Waals surface area contributed by atoms with Gasteiger partial charge in [0.25, 0.3) is 0 Å². The number of hydrogen-bond donors (Lipinski definition) is 0. The summed E-state index contributed by atoms with van der Waals surface area (Å²) in [6, 6.07) is 55.7. The number of anilines is 3. The molecule has 0 spiro atoms. The van der Waals surface area contributed by atoms with Crippen LogP contribution in [0.4, 0.5) is 17.1 Å². The van der Waals surface area contributed by atoms with Gasteiger partial charge in [0.05, 0.1) is 0 Å². The molecule has 0 bridgehead atoms. The van der Waals surface area contributed by atoms with Crippen LogP contribution in [0, 0.1) is 0 Å². The van der Waals surface area contributed by atoms with Crippen LogP contribution in [0.1, 0.15) is 0 Å². The molecule has 0 atom stereocenters. The zero-order valence-corrected chi connectivity index (χ0v) is 24.8. The Morgan fingerprint density at radius 1 is 0.442 bits per heavy atom. The van der Waals surface area contributed by atoms with Crippen molar-refractivity contribution >= 4 is 65.7 Å². The Bertz CT molecular complexity index is 2250. The quantitative estimate of drug-likeness (QED) is 0.191. The zero-order chi connectivity index (χ0) is 28.8. The molecule has 0 unspecified atom stereocenters. The highest BCUT2D eigenvalue weighted by atomic mass is 79.9. The second kappa shape index (κ2) is 10.6. The molecule has 7 aromatic carbocycles. The third kappa shape index (κ3) is 4.68. The normalized spacial score (nSPS) is 11.4. The van der Waals surface area contributed by atoms with Gasteiger partial charge in [0.2, 0.25) is 0 Å². The van der Waals surface area contributed by atoms with E-state index in [0.717, 1.165) is 65.7 Å². The van der Waals surface area contributed by atoms with Gasteiger partial charge in [-0.1, -0.05) is 113 Å². The average molecular weight is 617 g/mol. The van der Waals surface area contributed by atoms with E-state index < -0.39 is 0 Å². The van der Waals surface area contributed by atoms with E-state index in [-0.39, 0.29) is 0 Å². The maximum Gasteiger partial charge on any atom is 0.143 e.